The Morgan fingerprint density at radius 1 is 1.06 bits per heavy atom. The smallest absolute Gasteiger partial charge is 0.0704 e. The highest BCUT2D eigenvalue weighted by molar-refractivity contribution is 4.69. The first-order valence-corrected chi connectivity index (χ1v) is 7.40. The minimum Gasteiger partial charge on any atom is -0.379 e. The number of unbranched alkanes of at least 4 members (excludes halogenated alkanes) is 1. The molecule has 0 heterocycles. The summed E-state index contributed by atoms with van der Waals surface area (Å²) in [5.41, 5.74) is 0.219. The summed E-state index contributed by atoms with van der Waals surface area (Å²) in [6.45, 7) is 14.3. The molecule has 0 radical (unpaired) electrons. The highest BCUT2D eigenvalue weighted by Gasteiger charge is 2.08. The van der Waals surface area contributed by atoms with Crippen molar-refractivity contribution in [3.05, 3.63) is 0 Å². The fraction of sp³-hybridized carbons (Fsp3) is 1.00. The van der Waals surface area contributed by atoms with Crippen molar-refractivity contribution in [3.63, 3.8) is 0 Å². The lowest BCUT2D eigenvalue weighted by molar-refractivity contribution is 0.00792. The predicted octanol–water partition coefficient (Wildman–Crippen LogP) is 3.38. The topological polar surface area (TPSA) is 30.5 Å². The van der Waals surface area contributed by atoms with E-state index in [-0.39, 0.29) is 5.54 Å². The quantitative estimate of drug-likeness (QED) is 0.577. The highest BCUT2D eigenvalue weighted by atomic mass is 16.5. The van der Waals surface area contributed by atoms with E-state index in [0.717, 1.165) is 45.6 Å². The third-order valence-corrected chi connectivity index (χ3v) is 2.72. The van der Waals surface area contributed by atoms with Crippen LogP contribution in [0.1, 0.15) is 60.3 Å². The zero-order chi connectivity index (χ0) is 13.9. The molecule has 0 amide bonds. The predicted molar refractivity (Wildman–Crippen MR) is 78.1 cm³/mol. The van der Waals surface area contributed by atoms with Crippen LogP contribution < -0.4 is 5.32 Å². The molecule has 0 saturated heterocycles. The van der Waals surface area contributed by atoms with Crippen molar-refractivity contribution in [2.45, 2.75) is 71.9 Å². The van der Waals surface area contributed by atoms with Gasteiger partial charge in [-0.15, -0.1) is 0 Å². The van der Waals surface area contributed by atoms with Crippen LogP contribution in [0.2, 0.25) is 0 Å². The molecule has 0 aliphatic carbocycles. The Bertz CT molecular complexity index is 178. The number of hydrogen-bond acceptors (Lipinski definition) is 3. The molecule has 1 N–H and O–H groups in total. The van der Waals surface area contributed by atoms with E-state index in [1.165, 1.54) is 6.42 Å². The molecule has 0 spiro atoms. The largest absolute Gasteiger partial charge is 0.379 e. The second-order valence-electron chi connectivity index (χ2n) is 5.97. The van der Waals surface area contributed by atoms with Gasteiger partial charge in [0.1, 0.15) is 0 Å². The zero-order valence-electron chi connectivity index (χ0n) is 13.1. The number of ether oxygens (including phenoxy) is 2. The van der Waals surface area contributed by atoms with Gasteiger partial charge < -0.3 is 14.8 Å². The lowest BCUT2D eigenvalue weighted by Gasteiger charge is -2.21. The standard InChI is InChI=1S/C15H33NO2/c1-6-7-11-17-12-13-18-14(2)9-8-10-16-15(3,4)5/h14,16H,6-13H2,1-5H3. The van der Waals surface area contributed by atoms with Crippen LogP contribution in [-0.4, -0.2) is 38.0 Å². The van der Waals surface area contributed by atoms with Gasteiger partial charge in [0, 0.05) is 12.1 Å². The Morgan fingerprint density at radius 3 is 2.39 bits per heavy atom. The fourth-order valence-electron chi connectivity index (χ4n) is 1.59. The van der Waals surface area contributed by atoms with Crippen LogP contribution in [-0.2, 0) is 9.47 Å². The van der Waals surface area contributed by atoms with Crippen molar-refractivity contribution >= 4 is 0 Å². The molecule has 0 aromatic carbocycles. The zero-order valence-corrected chi connectivity index (χ0v) is 13.1. The average Bonchev–Trinajstić information content (AvgIpc) is 2.28. The van der Waals surface area contributed by atoms with Crippen LogP contribution in [0.15, 0.2) is 0 Å². The van der Waals surface area contributed by atoms with Crippen LogP contribution in [0.3, 0.4) is 0 Å². The van der Waals surface area contributed by atoms with Crippen LogP contribution in [0.4, 0.5) is 0 Å². The monoisotopic (exact) mass is 259 g/mol. The Kier molecular flexibility index (Phi) is 10.7. The van der Waals surface area contributed by atoms with Gasteiger partial charge in [-0.3, -0.25) is 0 Å². The number of hydrogen-bond donors (Lipinski definition) is 1. The van der Waals surface area contributed by atoms with Gasteiger partial charge in [-0.25, -0.2) is 0 Å². The van der Waals surface area contributed by atoms with Crippen LogP contribution in [0.25, 0.3) is 0 Å². The van der Waals surface area contributed by atoms with Gasteiger partial charge in [-0.2, -0.15) is 0 Å². The molecular weight excluding hydrogens is 226 g/mol. The fourth-order valence-corrected chi connectivity index (χ4v) is 1.59. The van der Waals surface area contributed by atoms with Crippen molar-refractivity contribution in [2.24, 2.45) is 0 Å². The van der Waals surface area contributed by atoms with E-state index in [0.29, 0.717) is 6.10 Å². The molecule has 0 saturated carbocycles. The molecule has 18 heavy (non-hydrogen) atoms. The molecule has 0 aliphatic rings. The van der Waals surface area contributed by atoms with Crippen LogP contribution in [0, 0.1) is 0 Å². The minimum atomic E-state index is 0.219. The summed E-state index contributed by atoms with van der Waals surface area (Å²) in [5, 5.41) is 3.49. The first-order chi connectivity index (χ1) is 8.45. The summed E-state index contributed by atoms with van der Waals surface area (Å²) in [7, 11) is 0. The van der Waals surface area contributed by atoms with Crippen LogP contribution in [0.5, 0.6) is 0 Å². The van der Waals surface area contributed by atoms with Crippen molar-refractivity contribution in [3.8, 4) is 0 Å². The van der Waals surface area contributed by atoms with Gasteiger partial charge in [-0.1, -0.05) is 13.3 Å². The SMILES string of the molecule is CCCCOCCOC(C)CCCNC(C)(C)C. The van der Waals surface area contributed by atoms with E-state index in [1.54, 1.807) is 0 Å². The van der Waals surface area contributed by atoms with E-state index in [9.17, 15) is 0 Å². The highest BCUT2D eigenvalue weighted by Crippen LogP contribution is 2.03. The van der Waals surface area contributed by atoms with Crippen molar-refractivity contribution in [1.29, 1.82) is 0 Å². The van der Waals surface area contributed by atoms with Gasteiger partial charge in [-0.05, 0) is 53.5 Å². The van der Waals surface area contributed by atoms with Crippen molar-refractivity contribution < 1.29 is 9.47 Å². The number of rotatable bonds is 11. The molecule has 3 nitrogen and oxygen atoms in total. The normalized spacial score (nSPS) is 13.8. The molecule has 0 aliphatic heterocycles. The third-order valence-electron chi connectivity index (χ3n) is 2.72. The van der Waals surface area contributed by atoms with E-state index >= 15 is 0 Å². The molecule has 0 rings (SSSR count). The summed E-state index contributed by atoms with van der Waals surface area (Å²) >= 11 is 0. The van der Waals surface area contributed by atoms with Gasteiger partial charge in [0.05, 0.1) is 19.3 Å². The Labute approximate surface area is 114 Å². The maximum absolute atomic E-state index is 5.70. The van der Waals surface area contributed by atoms with E-state index in [1.807, 2.05) is 0 Å². The van der Waals surface area contributed by atoms with E-state index in [2.05, 4.69) is 39.9 Å². The maximum Gasteiger partial charge on any atom is 0.0704 e. The second-order valence-corrected chi connectivity index (χ2v) is 5.97. The maximum atomic E-state index is 5.70. The molecule has 0 aromatic heterocycles. The minimum absolute atomic E-state index is 0.219. The molecule has 0 fully saturated rings. The molecule has 3 heteroatoms. The van der Waals surface area contributed by atoms with Gasteiger partial charge >= 0.3 is 0 Å². The molecule has 1 unspecified atom stereocenters. The lowest BCUT2D eigenvalue weighted by Crippen LogP contribution is -2.36. The lowest BCUT2D eigenvalue weighted by atomic mass is 10.1. The summed E-state index contributed by atoms with van der Waals surface area (Å²) in [4.78, 5) is 0. The van der Waals surface area contributed by atoms with Crippen molar-refractivity contribution in [1.82, 2.24) is 5.32 Å². The van der Waals surface area contributed by atoms with Crippen LogP contribution >= 0.6 is 0 Å². The Morgan fingerprint density at radius 2 is 1.78 bits per heavy atom. The summed E-state index contributed by atoms with van der Waals surface area (Å²) in [5.74, 6) is 0. The second kappa shape index (κ2) is 10.8. The van der Waals surface area contributed by atoms with Gasteiger partial charge in [0.15, 0.2) is 0 Å². The third kappa shape index (κ3) is 13.9. The molecule has 110 valence electrons. The summed E-state index contributed by atoms with van der Waals surface area (Å²) in [6.07, 6.45) is 4.95. The molecular formula is C15H33NO2. The summed E-state index contributed by atoms with van der Waals surface area (Å²) < 4.78 is 11.2. The summed E-state index contributed by atoms with van der Waals surface area (Å²) in [6, 6.07) is 0. The van der Waals surface area contributed by atoms with E-state index < -0.39 is 0 Å². The molecule has 0 aromatic rings. The molecule has 1 atom stereocenters. The first kappa shape index (κ1) is 17.9. The average molecular weight is 259 g/mol. The first-order valence-electron chi connectivity index (χ1n) is 7.40. The van der Waals surface area contributed by atoms with Gasteiger partial charge in [0.25, 0.3) is 0 Å². The number of nitrogens with one attached hydrogen (secondary N) is 1. The molecule has 0 bridgehead atoms. The van der Waals surface area contributed by atoms with E-state index in [4.69, 9.17) is 9.47 Å². The van der Waals surface area contributed by atoms with Gasteiger partial charge in [0.2, 0.25) is 0 Å². The Hall–Kier alpha value is -0.120. The van der Waals surface area contributed by atoms with Crippen molar-refractivity contribution in [2.75, 3.05) is 26.4 Å². The Balaban J connectivity index is 3.25.